The summed E-state index contributed by atoms with van der Waals surface area (Å²) in [6.45, 7) is 4.27. The van der Waals surface area contributed by atoms with E-state index < -0.39 is 0 Å². The van der Waals surface area contributed by atoms with Crippen LogP contribution in [0.4, 0.5) is 0 Å². The summed E-state index contributed by atoms with van der Waals surface area (Å²) in [5.74, 6) is 1.17. The second-order valence-electron chi connectivity index (χ2n) is 5.13. The van der Waals surface area contributed by atoms with Crippen LogP contribution < -0.4 is 0 Å². The Morgan fingerprint density at radius 1 is 1.33 bits per heavy atom. The molecule has 1 aliphatic carbocycles. The molecule has 0 aliphatic heterocycles. The fourth-order valence-electron chi connectivity index (χ4n) is 2.35. The van der Waals surface area contributed by atoms with Crippen LogP contribution in [-0.2, 0) is 12.8 Å². The molecular weight excluding hydrogens is 246 g/mol. The van der Waals surface area contributed by atoms with Crippen LogP contribution in [0.5, 0.6) is 0 Å². The Morgan fingerprint density at radius 2 is 2.17 bits per heavy atom. The number of hydrogen-bond acceptors (Lipinski definition) is 2. The zero-order chi connectivity index (χ0) is 12.7. The van der Waals surface area contributed by atoms with Gasteiger partial charge >= 0.3 is 0 Å². The molecule has 18 heavy (non-hydrogen) atoms. The second kappa shape index (κ2) is 4.39. The maximum atomic E-state index is 6.31. The minimum Gasteiger partial charge on any atom is -0.236 e. The number of pyridine rings is 1. The monoisotopic (exact) mass is 261 g/mol. The summed E-state index contributed by atoms with van der Waals surface area (Å²) in [5.41, 5.74) is 3.69. The molecule has 0 unspecified atom stereocenters. The van der Waals surface area contributed by atoms with Gasteiger partial charge in [0.15, 0.2) is 5.82 Å². The predicted octanol–water partition coefficient (Wildman–Crippen LogP) is 3.53. The lowest BCUT2D eigenvalue weighted by molar-refractivity contribution is 0.779. The van der Waals surface area contributed by atoms with Crippen molar-refractivity contribution in [2.45, 2.75) is 39.0 Å². The van der Waals surface area contributed by atoms with Crippen molar-refractivity contribution < 1.29 is 0 Å². The number of hydrogen-bond donors (Lipinski definition) is 0. The van der Waals surface area contributed by atoms with Gasteiger partial charge in [0, 0.05) is 12.4 Å². The largest absolute Gasteiger partial charge is 0.236 e. The summed E-state index contributed by atoms with van der Waals surface area (Å²) >= 11 is 6.31. The highest BCUT2D eigenvalue weighted by molar-refractivity contribution is 6.32. The van der Waals surface area contributed by atoms with Gasteiger partial charge in [-0.05, 0) is 42.4 Å². The fourth-order valence-corrected chi connectivity index (χ4v) is 2.61. The Hall–Kier alpha value is -1.35. The van der Waals surface area contributed by atoms with Crippen LogP contribution in [-0.4, -0.2) is 14.8 Å². The molecule has 1 aliphatic rings. The van der Waals surface area contributed by atoms with Gasteiger partial charge in [-0.2, -0.15) is 5.10 Å². The lowest BCUT2D eigenvalue weighted by atomic mass is 10.1. The zero-order valence-corrected chi connectivity index (χ0v) is 11.4. The molecule has 0 saturated carbocycles. The third-order valence-corrected chi connectivity index (χ3v) is 3.74. The molecule has 94 valence electrons. The van der Waals surface area contributed by atoms with Crippen LogP contribution >= 0.6 is 11.6 Å². The average molecular weight is 262 g/mol. The first-order chi connectivity index (χ1) is 8.65. The summed E-state index contributed by atoms with van der Waals surface area (Å²) in [6, 6.07) is 1.99. The molecule has 0 radical (unpaired) electrons. The highest BCUT2D eigenvalue weighted by Crippen LogP contribution is 2.26. The van der Waals surface area contributed by atoms with Crippen molar-refractivity contribution in [3.05, 3.63) is 40.3 Å². The SMILES string of the molecule is CC(C)c1cnc(-n2cc3c(n2)CCC3)c(Cl)c1. The standard InChI is InChI=1S/C14H16ClN3/c1-9(2)11-6-12(15)14(16-7-11)18-8-10-4-3-5-13(10)17-18/h6-9H,3-5H2,1-2H3. The van der Waals surface area contributed by atoms with E-state index in [9.17, 15) is 0 Å². The van der Waals surface area contributed by atoms with Crippen molar-refractivity contribution in [1.29, 1.82) is 0 Å². The Kier molecular flexibility index (Phi) is 2.86. The van der Waals surface area contributed by atoms with Gasteiger partial charge in [-0.1, -0.05) is 25.4 Å². The Labute approximate surface area is 112 Å². The first kappa shape index (κ1) is 11.7. The van der Waals surface area contributed by atoms with E-state index in [-0.39, 0.29) is 0 Å². The van der Waals surface area contributed by atoms with Crippen molar-refractivity contribution >= 4 is 11.6 Å². The van der Waals surface area contributed by atoms with Crippen LogP contribution in [0.2, 0.25) is 5.02 Å². The topological polar surface area (TPSA) is 30.7 Å². The van der Waals surface area contributed by atoms with E-state index >= 15 is 0 Å². The van der Waals surface area contributed by atoms with Crippen molar-refractivity contribution in [3.63, 3.8) is 0 Å². The summed E-state index contributed by atoms with van der Waals surface area (Å²) in [6.07, 6.45) is 7.36. The lowest BCUT2D eigenvalue weighted by Gasteiger charge is -2.08. The number of aromatic nitrogens is 3. The van der Waals surface area contributed by atoms with Gasteiger partial charge < -0.3 is 0 Å². The van der Waals surface area contributed by atoms with Gasteiger partial charge in [-0.3, -0.25) is 0 Å². The molecule has 0 fully saturated rings. The van der Waals surface area contributed by atoms with Gasteiger partial charge in [0.1, 0.15) is 0 Å². The molecule has 0 N–H and O–H groups in total. The van der Waals surface area contributed by atoms with E-state index in [1.807, 2.05) is 16.9 Å². The molecule has 0 bridgehead atoms. The van der Waals surface area contributed by atoms with Crippen LogP contribution in [0.15, 0.2) is 18.5 Å². The van der Waals surface area contributed by atoms with E-state index in [0.717, 1.165) is 24.2 Å². The van der Waals surface area contributed by atoms with Crippen LogP contribution in [0.3, 0.4) is 0 Å². The predicted molar refractivity (Wildman–Crippen MR) is 72.5 cm³/mol. The molecule has 2 aromatic rings. The van der Waals surface area contributed by atoms with Gasteiger partial charge in [-0.25, -0.2) is 9.67 Å². The summed E-state index contributed by atoms with van der Waals surface area (Å²) in [5, 5.41) is 5.23. The molecule has 2 aromatic heterocycles. The molecule has 0 amide bonds. The van der Waals surface area contributed by atoms with Crippen molar-refractivity contribution in [3.8, 4) is 5.82 Å². The Morgan fingerprint density at radius 3 is 2.83 bits per heavy atom. The van der Waals surface area contributed by atoms with E-state index in [1.54, 1.807) is 0 Å². The number of aryl methyl sites for hydroxylation is 2. The average Bonchev–Trinajstić information content (AvgIpc) is 2.88. The van der Waals surface area contributed by atoms with Crippen LogP contribution in [0.1, 0.15) is 43.0 Å². The quantitative estimate of drug-likeness (QED) is 0.828. The van der Waals surface area contributed by atoms with Gasteiger partial charge in [0.2, 0.25) is 0 Å². The second-order valence-corrected chi connectivity index (χ2v) is 5.54. The van der Waals surface area contributed by atoms with Gasteiger partial charge in [0.05, 0.1) is 10.7 Å². The normalized spacial score (nSPS) is 14.2. The number of fused-ring (bicyclic) bond motifs is 1. The molecule has 3 rings (SSSR count). The molecular formula is C14H16ClN3. The number of nitrogens with zero attached hydrogens (tertiary/aromatic N) is 3. The maximum Gasteiger partial charge on any atom is 0.172 e. The van der Waals surface area contributed by atoms with E-state index in [1.165, 1.54) is 17.7 Å². The first-order valence-corrected chi connectivity index (χ1v) is 6.76. The molecule has 0 saturated heterocycles. The van der Waals surface area contributed by atoms with Crippen LogP contribution in [0.25, 0.3) is 5.82 Å². The van der Waals surface area contributed by atoms with Crippen molar-refractivity contribution in [2.75, 3.05) is 0 Å². The van der Waals surface area contributed by atoms with Crippen molar-refractivity contribution in [2.24, 2.45) is 0 Å². The number of rotatable bonds is 2. The fraction of sp³-hybridized carbons (Fsp3) is 0.429. The molecule has 4 heteroatoms. The minimum atomic E-state index is 0.437. The Bertz CT molecular complexity index is 565. The van der Waals surface area contributed by atoms with E-state index in [0.29, 0.717) is 10.9 Å². The summed E-state index contributed by atoms with van der Waals surface area (Å²) < 4.78 is 1.82. The molecule has 3 nitrogen and oxygen atoms in total. The van der Waals surface area contributed by atoms with E-state index in [4.69, 9.17) is 11.6 Å². The molecule has 0 spiro atoms. The lowest BCUT2D eigenvalue weighted by Crippen LogP contribution is -2.02. The molecule has 0 atom stereocenters. The smallest absolute Gasteiger partial charge is 0.172 e. The Balaban J connectivity index is 2.01. The van der Waals surface area contributed by atoms with E-state index in [2.05, 4.69) is 30.1 Å². The number of halogens is 1. The van der Waals surface area contributed by atoms with Gasteiger partial charge in [-0.15, -0.1) is 0 Å². The van der Waals surface area contributed by atoms with Crippen LogP contribution in [0, 0.1) is 0 Å². The summed E-state index contributed by atoms with van der Waals surface area (Å²) in [4.78, 5) is 4.45. The third kappa shape index (κ3) is 1.93. The van der Waals surface area contributed by atoms with Gasteiger partial charge in [0.25, 0.3) is 0 Å². The molecule has 0 aromatic carbocycles. The highest BCUT2D eigenvalue weighted by atomic mass is 35.5. The zero-order valence-electron chi connectivity index (χ0n) is 10.7. The summed E-state index contributed by atoms with van der Waals surface area (Å²) in [7, 11) is 0. The highest BCUT2D eigenvalue weighted by Gasteiger charge is 2.17. The first-order valence-electron chi connectivity index (χ1n) is 6.38. The van der Waals surface area contributed by atoms with Crippen molar-refractivity contribution in [1.82, 2.24) is 14.8 Å². The third-order valence-electron chi connectivity index (χ3n) is 3.46. The maximum absolute atomic E-state index is 6.31. The molecule has 2 heterocycles. The minimum absolute atomic E-state index is 0.437.